The number of primary amides is 1. The highest BCUT2D eigenvalue weighted by Gasteiger charge is 2.30. The lowest BCUT2D eigenvalue weighted by Gasteiger charge is -2.29. The molecule has 1 aliphatic heterocycles. The largest absolute Gasteiger partial charge is 0.475 e. The van der Waals surface area contributed by atoms with Crippen molar-refractivity contribution in [1.82, 2.24) is 16.0 Å². The molecule has 2 aliphatic rings. The molecule has 1 unspecified atom stereocenters. The summed E-state index contributed by atoms with van der Waals surface area (Å²) in [7, 11) is 0. The zero-order chi connectivity index (χ0) is 27.1. The number of nitrogens with two attached hydrogens (primary N) is 1. The Labute approximate surface area is 221 Å². The number of aryl methyl sites for hydroxylation is 1. The molecule has 5 N–H and O–H groups in total. The molecule has 1 saturated carbocycles. The fourth-order valence-corrected chi connectivity index (χ4v) is 4.66. The van der Waals surface area contributed by atoms with Crippen LogP contribution < -0.4 is 21.7 Å². The molecule has 4 amide bonds. The second-order valence-electron chi connectivity index (χ2n) is 9.95. The second-order valence-corrected chi connectivity index (χ2v) is 9.95. The standard InChI is InChI=1S/C28H34N4O6/c1-17-2-4-18(5-3-17)14-30-27(35)23-12-13-24(38-23)28(36)32-16-20-8-6-19(7-9-20)15-31-26(34)22-11-10-21(37-22)25(29)33/h2-5,10-12,19-20,24H,6-9,13-16H2,1H3,(H2,29,33)(H,30,35)(H,31,34)(H,32,36). The maximum absolute atomic E-state index is 12.6. The molecule has 1 atom stereocenters. The highest BCUT2D eigenvalue weighted by atomic mass is 16.5. The third-order valence-corrected chi connectivity index (χ3v) is 7.03. The van der Waals surface area contributed by atoms with Gasteiger partial charge in [0.05, 0.1) is 0 Å². The topological polar surface area (TPSA) is 153 Å². The monoisotopic (exact) mass is 522 g/mol. The van der Waals surface area contributed by atoms with Gasteiger partial charge in [-0.25, -0.2) is 0 Å². The van der Waals surface area contributed by atoms with Gasteiger partial charge >= 0.3 is 0 Å². The molecule has 10 heteroatoms. The van der Waals surface area contributed by atoms with Crippen molar-refractivity contribution < 1.29 is 28.3 Å². The maximum atomic E-state index is 12.6. The van der Waals surface area contributed by atoms with Crippen molar-refractivity contribution in [3.63, 3.8) is 0 Å². The van der Waals surface area contributed by atoms with Crippen LogP contribution in [0.4, 0.5) is 0 Å². The summed E-state index contributed by atoms with van der Waals surface area (Å²) in [4.78, 5) is 48.3. The molecule has 1 aliphatic carbocycles. The van der Waals surface area contributed by atoms with E-state index in [1.165, 1.54) is 12.1 Å². The van der Waals surface area contributed by atoms with Crippen LogP contribution >= 0.6 is 0 Å². The first kappa shape index (κ1) is 27.0. The summed E-state index contributed by atoms with van der Waals surface area (Å²) in [6, 6.07) is 10.7. The van der Waals surface area contributed by atoms with Crippen molar-refractivity contribution in [1.29, 1.82) is 0 Å². The van der Waals surface area contributed by atoms with Crippen molar-refractivity contribution in [2.45, 2.75) is 51.7 Å². The molecule has 1 aromatic heterocycles. The highest BCUT2D eigenvalue weighted by Crippen LogP contribution is 2.28. The van der Waals surface area contributed by atoms with E-state index in [9.17, 15) is 19.2 Å². The van der Waals surface area contributed by atoms with Crippen molar-refractivity contribution in [2.24, 2.45) is 17.6 Å². The van der Waals surface area contributed by atoms with Gasteiger partial charge in [0.1, 0.15) is 0 Å². The Balaban J connectivity index is 1.10. The molecular formula is C28H34N4O6. The van der Waals surface area contributed by atoms with Crippen molar-refractivity contribution >= 4 is 23.6 Å². The summed E-state index contributed by atoms with van der Waals surface area (Å²) >= 11 is 0. The van der Waals surface area contributed by atoms with Gasteiger partial charge in [0.15, 0.2) is 23.4 Å². The molecule has 0 bridgehead atoms. The number of benzene rings is 1. The highest BCUT2D eigenvalue weighted by molar-refractivity contribution is 5.95. The lowest BCUT2D eigenvalue weighted by molar-refractivity contribution is -0.131. The van der Waals surface area contributed by atoms with Crippen LogP contribution in [0.25, 0.3) is 0 Å². The Kier molecular flexibility index (Phi) is 8.83. The van der Waals surface area contributed by atoms with Gasteiger partial charge in [-0.05, 0) is 68.2 Å². The van der Waals surface area contributed by atoms with E-state index in [1.54, 1.807) is 6.08 Å². The van der Waals surface area contributed by atoms with Crippen LogP contribution in [0.15, 0.2) is 52.7 Å². The summed E-state index contributed by atoms with van der Waals surface area (Å²) in [5.41, 5.74) is 7.29. The Morgan fingerprint density at radius 1 is 0.842 bits per heavy atom. The van der Waals surface area contributed by atoms with E-state index in [2.05, 4.69) is 16.0 Å². The molecule has 2 heterocycles. The number of carbonyl (C=O) groups is 4. The number of hydrogen-bond donors (Lipinski definition) is 4. The van der Waals surface area contributed by atoms with Gasteiger partial charge in [-0.3, -0.25) is 19.2 Å². The second kappa shape index (κ2) is 12.4. The SMILES string of the molecule is Cc1ccc(CNC(=O)C2=CCC(C(=O)NCC3CCC(CNC(=O)c4ccc(C(N)=O)o4)CC3)O2)cc1. The van der Waals surface area contributed by atoms with Gasteiger partial charge in [-0.1, -0.05) is 29.8 Å². The average molecular weight is 523 g/mol. The maximum Gasteiger partial charge on any atom is 0.287 e. The molecule has 38 heavy (non-hydrogen) atoms. The molecule has 1 fully saturated rings. The quantitative estimate of drug-likeness (QED) is 0.376. The first-order valence-electron chi connectivity index (χ1n) is 12.9. The van der Waals surface area contributed by atoms with E-state index in [1.807, 2.05) is 31.2 Å². The van der Waals surface area contributed by atoms with E-state index in [4.69, 9.17) is 14.9 Å². The Morgan fingerprint density at radius 3 is 2.11 bits per heavy atom. The third kappa shape index (κ3) is 7.24. The average Bonchev–Trinajstić information content (AvgIpc) is 3.61. The first-order chi connectivity index (χ1) is 18.3. The van der Waals surface area contributed by atoms with E-state index in [0.717, 1.165) is 36.8 Å². The van der Waals surface area contributed by atoms with Crippen LogP contribution in [0.5, 0.6) is 0 Å². The molecule has 10 nitrogen and oxygen atoms in total. The van der Waals surface area contributed by atoms with Gasteiger partial charge in [-0.15, -0.1) is 0 Å². The Morgan fingerprint density at radius 2 is 1.47 bits per heavy atom. The van der Waals surface area contributed by atoms with Crippen molar-refractivity contribution in [3.05, 3.63) is 70.9 Å². The van der Waals surface area contributed by atoms with E-state index < -0.39 is 12.0 Å². The fraction of sp³-hybridized carbons (Fsp3) is 0.429. The van der Waals surface area contributed by atoms with Crippen LogP contribution in [0.2, 0.25) is 0 Å². The third-order valence-electron chi connectivity index (χ3n) is 7.03. The summed E-state index contributed by atoms with van der Waals surface area (Å²) in [5.74, 6) is -0.761. The predicted octanol–water partition coefficient (Wildman–Crippen LogP) is 2.33. The van der Waals surface area contributed by atoms with E-state index >= 15 is 0 Å². The van der Waals surface area contributed by atoms with E-state index in [0.29, 0.717) is 37.9 Å². The number of hydrogen-bond acceptors (Lipinski definition) is 6. The number of ether oxygens (including phenoxy) is 1. The minimum absolute atomic E-state index is 0.0471. The zero-order valence-corrected chi connectivity index (χ0v) is 21.5. The number of amides is 4. The Hall–Kier alpha value is -4.08. The summed E-state index contributed by atoms with van der Waals surface area (Å²) in [6.45, 7) is 3.46. The normalized spacial score (nSPS) is 20.7. The molecule has 202 valence electrons. The molecule has 0 radical (unpaired) electrons. The minimum atomic E-state index is -0.718. The van der Waals surface area contributed by atoms with Gasteiger partial charge in [0.25, 0.3) is 23.6 Å². The first-order valence-corrected chi connectivity index (χ1v) is 12.9. The van der Waals surface area contributed by atoms with Crippen molar-refractivity contribution in [2.75, 3.05) is 13.1 Å². The summed E-state index contributed by atoms with van der Waals surface area (Å²) < 4.78 is 10.8. The molecule has 2 aromatic rings. The number of furan rings is 1. The zero-order valence-electron chi connectivity index (χ0n) is 21.5. The number of nitrogens with one attached hydrogen (secondary N) is 3. The van der Waals surface area contributed by atoms with Crippen LogP contribution in [-0.4, -0.2) is 42.8 Å². The lowest BCUT2D eigenvalue weighted by Crippen LogP contribution is -2.39. The van der Waals surface area contributed by atoms with Gasteiger partial charge in [0, 0.05) is 26.1 Å². The molecule has 4 rings (SSSR count). The summed E-state index contributed by atoms with van der Waals surface area (Å²) in [5, 5.41) is 8.64. The lowest BCUT2D eigenvalue weighted by atomic mass is 9.82. The van der Waals surface area contributed by atoms with Crippen LogP contribution in [0.3, 0.4) is 0 Å². The predicted molar refractivity (Wildman–Crippen MR) is 139 cm³/mol. The van der Waals surface area contributed by atoms with E-state index in [-0.39, 0.29) is 35.0 Å². The fourth-order valence-electron chi connectivity index (χ4n) is 4.66. The van der Waals surface area contributed by atoms with Gasteiger partial charge in [-0.2, -0.15) is 0 Å². The molecular weight excluding hydrogens is 488 g/mol. The number of carbonyl (C=O) groups excluding carboxylic acids is 4. The summed E-state index contributed by atoms with van der Waals surface area (Å²) in [6.07, 6.45) is 5.05. The van der Waals surface area contributed by atoms with Gasteiger partial charge < -0.3 is 30.8 Å². The van der Waals surface area contributed by atoms with Crippen LogP contribution in [0, 0.1) is 18.8 Å². The number of rotatable bonds is 10. The Bertz CT molecular complexity index is 1190. The molecule has 1 aromatic carbocycles. The molecule has 0 saturated heterocycles. The van der Waals surface area contributed by atoms with Crippen LogP contribution in [0.1, 0.15) is 64.3 Å². The van der Waals surface area contributed by atoms with Gasteiger partial charge in [0.2, 0.25) is 0 Å². The van der Waals surface area contributed by atoms with Crippen LogP contribution in [-0.2, 0) is 20.9 Å². The van der Waals surface area contributed by atoms with Crippen molar-refractivity contribution in [3.8, 4) is 0 Å². The minimum Gasteiger partial charge on any atom is -0.475 e. The smallest absolute Gasteiger partial charge is 0.287 e. The molecule has 0 spiro atoms.